The maximum Gasteiger partial charge on any atom is 0.337 e. The number of nitrogen functional groups attached to an aromatic ring is 1. The Labute approximate surface area is 118 Å². The summed E-state index contributed by atoms with van der Waals surface area (Å²) in [7, 11) is 1.29. The van der Waals surface area contributed by atoms with Gasteiger partial charge in [-0.2, -0.15) is 0 Å². The molecule has 0 aromatic heterocycles. The number of anilines is 1. The van der Waals surface area contributed by atoms with Gasteiger partial charge in [0.2, 0.25) is 0 Å². The lowest BCUT2D eigenvalue weighted by atomic mass is 10.2. The Morgan fingerprint density at radius 2 is 2.10 bits per heavy atom. The minimum Gasteiger partial charge on any atom is -0.482 e. The highest BCUT2D eigenvalue weighted by molar-refractivity contribution is 5.90. The lowest BCUT2D eigenvalue weighted by Crippen LogP contribution is -2.29. The molecule has 0 heterocycles. The van der Waals surface area contributed by atoms with E-state index in [1.807, 2.05) is 6.92 Å². The van der Waals surface area contributed by atoms with Crippen LogP contribution in [-0.2, 0) is 9.53 Å². The number of nitrogens with two attached hydrogens (primary N) is 1. The summed E-state index contributed by atoms with van der Waals surface area (Å²) in [5, 5.41) is 2.73. The quantitative estimate of drug-likeness (QED) is 0.447. The second-order valence-corrected chi connectivity index (χ2v) is 4.24. The average Bonchev–Trinajstić information content (AvgIpc) is 2.46. The van der Waals surface area contributed by atoms with Crippen LogP contribution in [0.3, 0.4) is 0 Å². The number of rotatable bonds is 7. The van der Waals surface area contributed by atoms with Crippen LogP contribution in [0.1, 0.15) is 30.1 Å². The van der Waals surface area contributed by atoms with E-state index < -0.39 is 5.97 Å². The highest BCUT2D eigenvalue weighted by Crippen LogP contribution is 2.23. The third kappa shape index (κ3) is 4.79. The summed E-state index contributed by atoms with van der Waals surface area (Å²) in [4.78, 5) is 22.9. The van der Waals surface area contributed by atoms with Gasteiger partial charge in [0, 0.05) is 6.54 Å². The molecule has 0 bridgehead atoms. The number of methoxy groups -OCH3 is 1. The molecule has 0 unspecified atom stereocenters. The molecule has 0 aliphatic carbocycles. The molecule has 3 N–H and O–H groups in total. The molecule has 0 aliphatic rings. The largest absolute Gasteiger partial charge is 0.482 e. The Balaban J connectivity index is 2.58. The van der Waals surface area contributed by atoms with Gasteiger partial charge < -0.3 is 20.5 Å². The van der Waals surface area contributed by atoms with E-state index in [0.29, 0.717) is 23.5 Å². The van der Waals surface area contributed by atoms with Gasteiger partial charge in [-0.15, -0.1) is 0 Å². The summed E-state index contributed by atoms with van der Waals surface area (Å²) in [6.07, 6.45) is 1.93. The molecular formula is C14H20N2O4. The zero-order chi connectivity index (χ0) is 15.0. The number of nitrogens with one attached hydrogen (secondary N) is 1. The van der Waals surface area contributed by atoms with Crippen molar-refractivity contribution in [1.29, 1.82) is 0 Å². The van der Waals surface area contributed by atoms with Gasteiger partial charge >= 0.3 is 5.97 Å². The summed E-state index contributed by atoms with van der Waals surface area (Å²) >= 11 is 0. The Hall–Kier alpha value is -2.24. The maximum atomic E-state index is 11.5. The van der Waals surface area contributed by atoms with E-state index in [-0.39, 0.29) is 12.5 Å². The fourth-order valence-corrected chi connectivity index (χ4v) is 1.50. The lowest BCUT2D eigenvalue weighted by Gasteiger charge is -2.10. The van der Waals surface area contributed by atoms with E-state index in [2.05, 4.69) is 10.1 Å². The van der Waals surface area contributed by atoms with Crippen molar-refractivity contribution in [3.05, 3.63) is 23.8 Å². The third-order valence-corrected chi connectivity index (χ3v) is 2.65. The topological polar surface area (TPSA) is 90.6 Å². The van der Waals surface area contributed by atoms with E-state index in [4.69, 9.17) is 10.5 Å². The van der Waals surface area contributed by atoms with Crippen LogP contribution >= 0.6 is 0 Å². The number of amides is 1. The summed E-state index contributed by atoms with van der Waals surface area (Å²) < 4.78 is 9.93. The van der Waals surface area contributed by atoms with E-state index in [1.54, 1.807) is 0 Å². The molecule has 6 heteroatoms. The van der Waals surface area contributed by atoms with Gasteiger partial charge in [-0.3, -0.25) is 4.79 Å². The van der Waals surface area contributed by atoms with Crippen molar-refractivity contribution in [3.63, 3.8) is 0 Å². The molecule has 0 spiro atoms. The standard InChI is InChI=1S/C14H20N2O4/c1-3-4-7-16-13(17)9-20-12-8-10(14(18)19-2)5-6-11(12)15/h5-6,8H,3-4,7,9,15H2,1-2H3,(H,16,17). The smallest absolute Gasteiger partial charge is 0.337 e. The normalized spacial score (nSPS) is 9.90. The highest BCUT2D eigenvalue weighted by atomic mass is 16.5. The number of carbonyl (C=O) groups excluding carboxylic acids is 2. The number of carbonyl (C=O) groups is 2. The van der Waals surface area contributed by atoms with Gasteiger partial charge in [-0.25, -0.2) is 4.79 Å². The molecule has 1 aromatic carbocycles. The van der Waals surface area contributed by atoms with Gasteiger partial charge in [0.05, 0.1) is 18.4 Å². The Kier molecular flexibility index (Phi) is 6.36. The average molecular weight is 280 g/mol. The summed E-state index contributed by atoms with van der Waals surface area (Å²) in [5.74, 6) is -0.415. The summed E-state index contributed by atoms with van der Waals surface area (Å²) in [6.45, 7) is 2.52. The van der Waals surface area contributed by atoms with Crippen LogP contribution in [0.2, 0.25) is 0 Å². The molecular weight excluding hydrogens is 260 g/mol. The van der Waals surface area contributed by atoms with Crippen LogP contribution in [0.15, 0.2) is 18.2 Å². The first kappa shape index (κ1) is 15.8. The van der Waals surface area contributed by atoms with Crippen molar-refractivity contribution >= 4 is 17.6 Å². The van der Waals surface area contributed by atoms with Crippen molar-refractivity contribution in [2.24, 2.45) is 0 Å². The molecule has 0 saturated heterocycles. The third-order valence-electron chi connectivity index (χ3n) is 2.65. The molecule has 1 amide bonds. The second kappa shape index (κ2) is 8.04. The van der Waals surface area contributed by atoms with Crippen LogP contribution in [0.25, 0.3) is 0 Å². The molecule has 6 nitrogen and oxygen atoms in total. The van der Waals surface area contributed by atoms with E-state index in [1.165, 1.54) is 25.3 Å². The molecule has 0 saturated carbocycles. The zero-order valence-corrected chi connectivity index (χ0v) is 11.8. The van der Waals surface area contributed by atoms with E-state index in [0.717, 1.165) is 12.8 Å². The zero-order valence-electron chi connectivity index (χ0n) is 11.8. The van der Waals surface area contributed by atoms with E-state index >= 15 is 0 Å². The molecule has 0 fully saturated rings. The van der Waals surface area contributed by atoms with Crippen LogP contribution < -0.4 is 15.8 Å². The molecule has 1 aromatic rings. The van der Waals surface area contributed by atoms with Crippen LogP contribution in [0.5, 0.6) is 5.75 Å². The predicted octanol–water partition coefficient (Wildman–Crippen LogP) is 1.35. The monoisotopic (exact) mass is 280 g/mol. The number of hydrogen-bond donors (Lipinski definition) is 2. The van der Waals surface area contributed by atoms with Crippen LogP contribution in [0.4, 0.5) is 5.69 Å². The number of esters is 1. The number of unbranched alkanes of at least 4 members (excludes halogenated alkanes) is 1. The minimum atomic E-state index is -0.484. The lowest BCUT2D eigenvalue weighted by molar-refractivity contribution is -0.123. The molecule has 0 aliphatic heterocycles. The van der Waals surface area contributed by atoms with Crippen molar-refractivity contribution < 1.29 is 19.1 Å². The fourth-order valence-electron chi connectivity index (χ4n) is 1.50. The van der Waals surface area contributed by atoms with Gasteiger partial charge in [-0.05, 0) is 24.6 Å². The van der Waals surface area contributed by atoms with Crippen molar-refractivity contribution in [3.8, 4) is 5.75 Å². The first-order chi connectivity index (χ1) is 9.58. The molecule has 0 atom stereocenters. The SMILES string of the molecule is CCCCNC(=O)COc1cc(C(=O)OC)ccc1N. The van der Waals surface area contributed by atoms with E-state index in [9.17, 15) is 9.59 Å². The predicted molar refractivity (Wildman–Crippen MR) is 75.6 cm³/mol. The van der Waals surface area contributed by atoms with Gasteiger partial charge in [-0.1, -0.05) is 13.3 Å². The second-order valence-electron chi connectivity index (χ2n) is 4.24. The highest BCUT2D eigenvalue weighted by Gasteiger charge is 2.10. The van der Waals surface area contributed by atoms with Crippen LogP contribution in [0, 0.1) is 0 Å². The number of ether oxygens (including phenoxy) is 2. The Morgan fingerprint density at radius 1 is 1.35 bits per heavy atom. The van der Waals surface area contributed by atoms with Gasteiger partial charge in [0.25, 0.3) is 5.91 Å². The van der Waals surface area contributed by atoms with Crippen molar-refractivity contribution in [1.82, 2.24) is 5.32 Å². The first-order valence-electron chi connectivity index (χ1n) is 6.45. The first-order valence-corrected chi connectivity index (χ1v) is 6.45. The molecule has 1 rings (SSSR count). The van der Waals surface area contributed by atoms with Gasteiger partial charge in [0.15, 0.2) is 6.61 Å². The summed E-state index contributed by atoms with van der Waals surface area (Å²) in [6, 6.07) is 4.53. The number of benzene rings is 1. The minimum absolute atomic E-state index is 0.140. The maximum absolute atomic E-state index is 11.5. The number of hydrogen-bond acceptors (Lipinski definition) is 5. The van der Waals surface area contributed by atoms with Crippen LogP contribution in [-0.4, -0.2) is 32.1 Å². The fraction of sp³-hybridized carbons (Fsp3) is 0.429. The van der Waals surface area contributed by atoms with Crippen molar-refractivity contribution in [2.75, 3.05) is 26.0 Å². The summed E-state index contributed by atoms with van der Waals surface area (Å²) in [5.41, 5.74) is 6.41. The van der Waals surface area contributed by atoms with Gasteiger partial charge in [0.1, 0.15) is 5.75 Å². The molecule has 110 valence electrons. The molecule has 0 radical (unpaired) electrons. The van der Waals surface area contributed by atoms with Crippen molar-refractivity contribution in [2.45, 2.75) is 19.8 Å². The Morgan fingerprint density at radius 3 is 2.75 bits per heavy atom. The Bertz CT molecular complexity index is 474. The molecule has 20 heavy (non-hydrogen) atoms.